The van der Waals surface area contributed by atoms with E-state index in [1.807, 2.05) is 4.90 Å². The molecule has 0 saturated carbocycles. The molecule has 0 spiro atoms. The minimum atomic E-state index is -0.797. The third-order valence-electron chi connectivity index (χ3n) is 4.84. The maximum atomic E-state index is 13.0. The number of nitrogens with zero attached hydrogens (tertiary/aromatic N) is 2. The maximum Gasteiger partial charge on any atom is 0.243 e. The van der Waals surface area contributed by atoms with Gasteiger partial charge in [0.05, 0.1) is 6.07 Å². The summed E-state index contributed by atoms with van der Waals surface area (Å²) in [4.78, 5) is 15.0. The summed E-state index contributed by atoms with van der Waals surface area (Å²) in [6, 6.07) is 2.62. The maximum absolute atomic E-state index is 13.0. The van der Waals surface area contributed by atoms with Crippen LogP contribution in [0.15, 0.2) is 0 Å². The van der Waals surface area contributed by atoms with Gasteiger partial charge in [0.25, 0.3) is 0 Å². The van der Waals surface area contributed by atoms with Crippen molar-refractivity contribution in [2.75, 3.05) is 6.54 Å². The highest BCUT2D eigenvalue weighted by molar-refractivity contribution is 5.86. The van der Waals surface area contributed by atoms with Crippen LogP contribution in [-0.4, -0.2) is 23.4 Å². The number of hydrogen-bond acceptors (Lipinski definition) is 2. The standard InChI is InChI=1S/C17H30N2O/c1-6-8-17(12-18,9-7-2)16(20)19-11-13(3)10-14(4)15(19)5/h13-15H,6-11H2,1-5H3. The fraction of sp³-hybridized carbons (Fsp3) is 0.882. The number of carbonyl (C=O) groups is 1. The summed E-state index contributed by atoms with van der Waals surface area (Å²) < 4.78 is 0. The summed E-state index contributed by atoms with van der Waals surface area (Å²) >= 11 is 0. The quantitative estimate of drug-likeness (QED) is 0.763. The van der Waals surface area contributed by atoms with Crippen molar-refractivity contribution in [1.29, 1.82) is 5.26 Å². The minimum Gasteiger partial charge on any atom is -0.338 e. The molecule has 0 radical (unpaired) electrons. The first-order valence-corrected chi connectivity index (χ1v) is 8.14. The number of nitriles is 1. The fourth-order valence-corrected chi connectivity index (χ4v) is 3.61. The van der Waals surface area contributed by atoms with Crippen molar-refractivity contribution in [3.8, 4) is 6.07 Å². The lowest BCUT2D eigenvalue weighted by atomic mass is 9.77. The predicted molar refractivity (Wildman–Crippen MR) is 82.0 cm³/mol. The highest BCUT2D eigenvalue weighted by atomic mass is 16.2. The van der Waals surface area contributed by atoms with Crippen LogP contribution < -0.4 is 0 Å². The molecule has 0 aliphatic carbocycles. The van der Waals surface area contributed by atoms with Crippen molar-refractivity contribution in [3.05, 3.63) is 0 Å². The summed E-state index contributed by atoms with van der Waals surface area (Å²) in [6.45, 7) is 11.5. The smallest absolute Gasteiger partial charge is 0.243 e. The Bertz CT molecular complexity index is 366. The molecule has 1 amide bonds. The lowest BCUT2D eigenvalue weighted by Gasteiger charge is -2.44. The van der Waals surface area contributed by atoms with Gasteiger partial charge in [-0.15, -0.1) is 0 Å². The molecule has 1 rings (SSSR count). The zero-order valence-corrected chi connectivity index (χ0v) is 13.8. The minimum absolute atomic E-state index is 0.0783. The van der Waals surface area contributed by atoms with Crippen LogP contribution in [0.5, 0.6) is 0 Å². The number of rotatable bonds is 5. The van der Waals surface area contributed by atoms with E-state index in [1.54, 1.807) is 0 Å². The normalized spacial score (nSPS) is 27.2. The summed E-state index contributed by atoms with van der Waals surface area (Å²) in [5, 5.41) is 9.66. The Morgan fingerprint density at radius 3 is 2.25 bits per heavy atom. The number of piperidine rings is 1. The van der Waals surface area contributed by atoms with E-state index in [9.17, 15) is 10.1 Å². The van der Waals surface area contributed by atoms with E-state index in [-0.39, 0.29) is 11.9 Å². The van der Waals surface area contributed by atoms with Crippen LogP contribution in [0.1, 0.15) is 66.7 Å². The Balaban J connectivity index is 3.01. The Hall–Kier alpha value is -1.04. The molecule has 3 atom stereocenters. The van der Waals surface area contributed by atoms with Gasteiger partial charge in [-0.2, -0.15) is 5.26 Å². The van der Waals surface area contributed by atoms with Crippen LogP contribution >= 0.6 is 0 Å². The highest BCUT2D eigenvalue weighted by Gasteiger charge is 2.43. The molecule has 0 N–H and O–H groups in total. The van der Waals surface area contributed by atoms with Crippen molar-refractivity contribution < 1.29 is 4.79 Å². The number of amides is 1. The van der Waals surface area contributed by atoms with Crippen LogP contribution in [0.25, 0.3) is 0 Å². The molecule has 114 valence electrons. The Kier molecular flexibility index (Phi) is 6.05. The predicted octanol–water partition coefficient (Wildman–Crippen LogP) is 3.99. The zero-order chi connectivity index (χ0) is 15.3. The van der Waals surface area contributed by atoms with Crippen molar-refractivity contribution in [2.24, 2.45) is 17.3 Å². The summed E-state index contributed by atoms with van der Waals surface area (Å²) in [6.07, 6.45) is 4.30. The van der Waals surface area contributed by atoms with Gasteiger partial charge in [-0.3, -0.25) is 4.79 Å². The van der Waals surface area contributed by atoms with Gasteiger partial charge in [0.15, 0.2) is 0 Å². The molecule has 1 aliphatic rings. The van der Waals surface area contributed by atoms with E-state index in [2.05, 4.69) is 40.7 Å². The van der Waals surface area contributed by atoms with Crippen molar-refractivity contribution in [1.82, 2.24) is 4.90 Å². The van der Waals surface area contributed by atoms with Crippen LogP contribution in [0.4, 0.5) is 0 Å². The van der Waals surface area contributed by atoms with Gasteiger partial charge in [-0.05, 0) is 38.0 Å². The molecular weight excluding hydrogens is 248 g/mol. The molecule has 0 bridgehead atoms. The molecule has 1 aliphatic heterocycles. The van der Waals surface area contributed by atoms with Crippen molar-refractivity contribution >= 4 is 5.91 Å². The first-order valence-electron chi connectivity index (χ1n) is 8.14. The Morgan fingerprint density at radius 1 is 1.25 bits per heavy atom. The highest BCUT2D eigenvalue weighted by Crippen LogP contribution is 2.36. The van der Waals surface area contributed by atoms with Gasteiger partial charge in [-0.1, -0.05) is 40.5 Å². The molecule has 1 heterocycles. The first-order chi connectivity index (χ1) is 9.41. The second kappa shape index (κ2) is 7.11. The van der Waals surface area contributed by atoms with Gasteiger partial charge in [0, 0.05) is 12.6 Å². The molecule has 0 aromatic heterocycles. The van der Waals surface area contributed by atoms with Gasteiger partial charge in [-0.25, -0.2) is 0 Å². The van der Waals surface area contributed by atoms with Gasteiger partial charge in [0.1, 0.15) is 5.41 Å². The molecule has 3 heteroatoms. The summed E-state index contributed by atoms with van der Waals surface area (Å²) in [5.41, 5.74) is -0.797. The lowest BCUT2D eigenvalue weighted by molar-refractivity contribution is -0.146. The van der Waals surface area contributed by atoms with Crippen molar-refractivity contribution in [3.63, 3.8) is 0 Å². The molecular formula is C17H30N2O. The zero-order valence-electron chi connectivity index (χ0n) is 13.8. The number of carbonyl (C=O) groups excluding carboxylic acids is 1. The average molecular weight is 278 g/mol. The van der Waals surface area contributed by atoms with Crippen LogP contribution in [0.3, 0.4) is 0 Å². The lowest BCUT2D eigenvalue weighted by Crippen LogP contribution is -2.54. The van der Waals surface area contributed by atoms with Crippen LogP contribution in [0.2, 0.25) is 0 Å². The largest absolute Gasteiger partial charge is 0.338 e. The van der Waals surface area contributed by atoms with Gasteiger partial charge in [0.2, 0.25) is 5.91 Å². The van der Waals surface area contributed by atoms with Crippen LogP contribution in [0, 0.1) is 28.6 Å². The van der Waals surface area contributed by atoms with E-state index in [1.165, 1.54) is 6.42 Å². The monoisotopic (exact) mass is 278 g/mol. The number of hydrogen-bond donors (Lipinski definition) is 0. The molecule has 0 aromatic rings. The molecule has 1 fully saturated rings. The SMILES string of the molecule is CCCC(C#N)(CCC)C(=O)N1CC(C)CC(C)C1C. The average Bonchev–Trinajstić information content (AvgIpc) is 2.41. The van der Waals surface area contributed by atoms with E-state index in [4.69, 9.17) is 0 Å². The first kappa shape index (κ1) is 17.0. The molecule has 0 aromatic carbocycles. The van der Waals surface area contributed by atoms with E-state index >= 15 is 0 Å². The Morgan fingerprint density at radius 2 is 1.80 bits per heavy atom. The van der Waals surface area contributed by atoms with E-state index in [0.717, 1.165) is 19.4 Å². The summed E-state index contributed by atoms with van der Waals surface area (Å²) in [5.74, 6) is 1.13. The second-order valence-corrected chi connectivity index (χ2v) is 6.71. The molecule has 1 saturated heterocycles. The topological polar surface area (TPSA) is 44.1 Å². The summed E-state index contributed by atoms with van der Waals surface area (Å²) in [7, 11) is 0. The number of likely N-dealkylation sites (tertiary alicyclic amines) is 1. The van der Waals surface area contributed by atoms with Crippen LogP contribution in [-0.2, 0) is 4.79 Å². The third-order valence-corrected chi connectivity index (χ3v) is 4.84. The molecule has 20 heavy (non-hydrogen) atoms. The Labute approximate surface area is 124 Å². The van der Waals surface area contributed by atoms with Gasteiger partial charge >= 0.3 is 0 Å². The van der Waals surface area contributed by atoms with E-state index in [0.29, 0.717) is 24.7 Å². The third kappa shape index (κ3) is 3.34. The van der Waals surface area contributed by atoms with Gasteiger partial charge < -0.3 is 4.90 Å². The molecule has 3 unspecified atom stereocenters. The van der Waals surface area contributed by atoms with E-state index < -0.39 is 5.41 Å². The fourth-order valence-electron chi connectivity index (χ4n) is 3.61. The van der Waals surface area contributed by atoms with Crippen molar-refractivity contribution in [2.45, 2.75) is 72.8 Å². The molecule has 3 nitrogen and oxygen atoms in total. The second-order valence-electron chi connectivity index (χ2n) is 6.71.